The van der Waals surface area contributed by atoms with Crippen molar-refractivity contribution in [3.05, 3.63) is 29.3 Å². The van der Waals surface area contributed by atoms with E-state index in [1.807, 2.05) is 6.07 Å². The zero-order chi connectivity index (χ0) is 17.9. The molecule has 0 aliphatic carbocycles. The van der Waals surface area contributed by atoms with Crippen molar-refractivity contribution >= 4 is 29.9 Å². The Balaban J connectivity index is 0.00000338. The highest BCUT2D eigenvalue weighted by molar-refractivity contribution is 14.0. The number of halogens is 1. The molecule has 26 heavy (non-hydrogen) atoms. The summed E-state index contributed by atoms with van der Waals surface area (Å²) in [6.07, 6.45) is 1.10. The van der Waals surface area contributed by atoms with Crippen molar-refractivity contribution in [2.45, 2.75) is 26.8 Å². The smallest absolute Gasteiger partial charge is 0.191 e. The molecule has 0 amide bonds. The van der Waals surface area contributed by atoms with Crippen LogP contribution >= 0.6 is 24.0 Å². The lowest BCUT2D eigenvalue weighted by Crippen LogP contribution is -2.40. The predicted octanol–water partition coefficient (Wildman–Crippen LogP) is 2.40. The van der Waals surface area contributed by atoms with E-state index in [0.717, 1.165) is 69.6 Å². The number of aryl methyl sites for hydroxylation is 1. The molecule has 0 unspecified atom stereocenters. The van der Waals surface area contributed by atoms with Crippen LogP contribution in [0.1, 0.15) is 24.5 Å². The Morgan fingerprint density at radius 3 is 2.69 bits per heavy atom. The largest absolute Gasteiger partial charge is 0.496 e. The van der Waals surface area contributed by atoms with Gasteiger partial charge in [0.25, 0.3) is 0 Å². The highest BCUT2D eigenvalue weighted by Gasteiger charge is 2.09. The molecule has 1 aromatic carbocycles. The number of methoxy groups -OCH3 is 1. The average Bonchev–Trinajstić information content (AvgIpc) is 2.64. The van der Waals surface area contributed by atoms with Crippen LogP contribution in [-0.4, -0.2) is 63.9 Å². The van der Waals surface area contributed by atoms with Gasteiger partial charge in [0.2, 0.25) is 0 Å². The van der Waals surface area contributed by atoms with Gasteiger partial charge in [0.1, 0.15) is 5.75 Å². The van der Waals surface area contributed by atoms with Gasteiger partial charge in [-0.15, -0.1) is 24.0 Å². The quantitative estimate of drug-likeness (QED) is 0.261. The van der Waals surface area contributed by atoms with Crippen molar-refractivity contribution in [2.24, 2.45) is 4.99 Å². The Kier molecular flexibility index (Phi) is 11.6. The van der Waals surface area contributed by atoms with Gasteiger partial charge in [-0.3, -0.25) is 4.90 Å². The first-order valence-corrected chi connectivity index (χ1v) is 9.18. The summed E-state index contributed by atoms with van der Waals surface area (Å²) in [5.41, 5.74) is 2.32. The number of morpholine rings is 1. The van der Waals surface area contributed by atoms with E-state index in [1.165, 1.54) is 5.56 Å². The molecule has 148 valence electrons. The van der Waals surface area contributed by atoms with Crippen LogP contribution in [0.2, 0.25) is 0 Å². The molecule has 2 N–H and O–H groups in total. The summed E-state index contributed by atoms with van der Waals surface area (Å²) in [6.45, 7) is 11.5. The van der Waals surface area contributed by atoms with Crippen molar-refractivity contribution in [2.75, 3.05) is 53.0 Å². The molecule has 2 rings (SSSR count). The summed E-state index contributed by atoms with van der Waals surface area (Å²) in [5.74, 6) is 1.79. The van der Waals surface area contributed by atoms with Crippen LogP contribution in [-0.2, 0) is 11.3 Å². The summed E-state index contributed by atoms with van der Waals surface area (Å²) >= 11 is 0. The Labute approximate surface area is 174 Å². The molecule has 1 aromatic rings. The van der Waals surface area contributed by atoms with Gasteiger partial charge < -0.3 is 20.1 Å². The normalized spacial score (nSPS) is 15.3. The van der Waals surface area contributed by atoms with Gasteiger partial charge in [0.05, 0.1) is 26.9 Å². The fourth-order valence-electron chi connectivity index (χ4n) is 2.89. The maximum absolute atomic E-state index is 5.38. The molecule has 7 heteroatoms. The molecule has 0 saturated carbocycles. The summed E-state index contributed by atoms with van der Waals surface area (Å²) in [4.78, 5) is 7.14. The van der Waals surface area contributed by atoms with Gasteiger partial charge >= 0.3 is 0 Å². The second-order valence-corrected chi connectivity index (χ2v) is 6.23. The Morgan fingerprint density at radius 1 is 1.27 bits per heavy atom. The number of nitrogens with one attached hydrogen (secondary N) is 2. The summed E-state index contributed by atoms with van der Waals surface area (Å²) in [5, 5.41) is 6.73. The third-order valence-corrected chi connectivity index (χ3v) is 4.27. The van der Waals surface area contributed by atoms with Crippen molar-refractivity contribution < 1.29 is 9.47 Å². The van der Waals surface area contributed by atoms with E-state index >= 15 is 0 Å². The number of hydrogen-bond acceptors (Lipinski definition) is 4. The molecule has 1 aliphatic heterocycles. The van der Waals surface area contributed by atoms with Gasteiger partial charge in [-0.1, -0.05) is 12.1 Å². The number of guanidine groups is 1. The average molecular weight is 476 g/mol. The first-order valence-electron chi connectivity index (χ1n) is 9.18. The number of rotatable bonds is 8. The third-order valence-electron chi connectivity index (χ3n) is 4.27. The zero-order valence-corrected chi connectivity index (χ0v) is 18.5. The van der Waals surface area contributed by atoms with Gasteiger partial charge in [-0.05, 0) is 44.0 Å². The zero-order valence-electron chi connectivity index (χ0n) is 16.2. The van der Waals surface area contributed by atoms with E-state index < -0.39 is 0 Å². The fourth-order valence-corrected chi connectivity index (χ4v) is 2.89. The number of nitrogens with zero attached hydrogens (tertiary/aromatic N) is 2. The molecule has 0 atom stereocenters. The van der Waals surface area contributed by atoms with Crippen LogP contribution in [0.25, 0.3) is 0 Å². The number of hydrogen-bond donors (Lipinski definition) is 2. The molecule has 6 nitrogen and oxygen atoms in total. The Bertz CT molecular complexity index is 548. The topological polar surface area (TPSA) is 58.1 Å². The molecule has 1 heterocycles. The molecule has 0 radical (unpaired) electrons. The summed E-state index contributed by atoms with van der Waals surface area (Å²) in [6, 6.07) is 6.20. The predicted molar refractivity (Wildman–Crippen MR) is 118 cm³/mol. The van der Waals surface area contributed by atoms with E-state index in [1.54, 1.807) is 7.11 Å². The molecule has 0 spiro atoms. The fraction of sp³-hybridized carbons (Fsp3) is 0.632. The monoisotopic (exact) mass is 476 g/mol. The molecule has 1 saturated heterocycles. The first kappa shape index (κ1) is 23.0. The van der Waals surface area contributed by atoms with Gasteiger partial charge in [-0.25, -0.2) is 4.99 Å². The van der Waals surface area contributed by atoms with Crippen molar-refractivity contribution in [3.63, 3.8) is 0 Å². The van der Waals surface area contributed by atoms with Crippen molar-refractivity contribution in [3.8, 4) is 5.75 Å². The van der Waals surface area contributed by atoms with E-state index in [4.69, 9.17) is 9.47 Å². The van der Waals surface area contributed by atoms with Gasteiger partial charge in [0.15, 0.2) is 5.96 Å². The van der Waals surface area contributed by atoms with Crippen LogP contribution in [0.4, 0.5) is 0 Å². The molecule has 1 aliphatic rings. The summed E-state index contributed by atoms with van der Waals surface area (Å²) < 4.78 is 10.7. The Morgan fingerprint density at radius 2 is 2.04 bits per heavy atom. The maximum atomic E-state index is 5.38. The lowest BCUT2D eigenvalue weighted by atomic mass is 10.1. The van der Waals surface area contributed by atoms with Crippen molar-refractivity contribution in [1.82, 2.24) is 15.5 Å². The van der Waals surface area contributed by atoms with Gasteiger partial charge in [-0.2, -0.15) is 0 Å². The Hall–Kier alpha value is -1.06. The van der Waals surface area contributed by atoms with E-state index in [0.29, 0.717) is 6.54 Å². The number of ether oxygens (including phenoxy) is 2. The molecule has 0 aromatic heterocycles. The van der Waals surface area contributed by atoms with Crippen LogP contribution < -0.4 is 15.4 Å². The number of aliphatic imine (C=N–C) groups is 1. The SMILES string of the molecule is CCNC(=NCc1ccc(OC)c(C)c1)NCCCN1CCOCC1.I. The van der Waals surface area contributed by atoms with Gasteiger partial charge in [0, 0.05) is 26.2 Å². The van der Waals surface area contributed by atoms with Crippen molar-refractivity contribution in [1.29, 1.82) is 0 Å². The second-order valence-electron chi connectivity index (χ2n) is 6.23. The lowest BCUT2D eigenvalue weighted by molar-refractivity contribution is 0.0376. The highest BCUT2D eigenvalue weighted by atomic mass is 127. The maximum Gasteiger partial charge on any atom is 0.191 e. The molecular weight excluding hydrogens is 443 g/mol. The molecular formula is C19H33IN4O2. The summed E-state index contributed by atoms with van der Waals surface area (Å²) in [7, 11) is 1.70. The highest BCUT2D eigenvalue weighted by Crippen LogP contribution is 2.18. The van der Waals surface area contributed by atoms with Crippen LogP contribution in [0, 0.1) is 6.92 Å². The second kappa shape index (κ2) is 13.2. The molecule has 1 fully saturated rings. The lowest BCUT2D eigenvalue weighted by Gasteiger charge is -2.26. The van der Waals surface area contributed by atoms with E-state index in [9.17, 15) is 0 Å². The van der Waals surface area contributed by atoms with Crippen LogP contribution in [0.15, 0.2) is 23.2 Å². The van der Waals surface area contributed by atoms with E-state index in [2.05, 4.69) is 46.5 Å². The van der Waals surface area contributed by atoms with E-state index in [-0.39, 0.29) is 24.0 Å². The molecule has 0 bridgehead atoms. The minimum absolute atomic E-state index is 0. The third kappa shape index (κ3) is 8.09. The number of benzene rings is 1. The first-order chi connectivity index (χ1) is 12.2. The van der Waals surface area contributed by atoms with Crippen LogP contribution in [0.5, 0.6) is 5.75 Å². The minimum Gasteiger partial charge on any atom is -0.496 e. The minimum atomic E-state index is 0. The standard InChI is InChI=1S/C19H32N4O2.HI/c1-4-20-19(21-8-5-9-23-10-12-25-13-11-23)22-15-17-6-7-18(24-3)16(2)14-17;/h6-7,14H,4-5,8-13,15H2,1-3H3,(H2,20,21,22);1H. The van der Waals surface area contributed by atoms with Crippen LogP contribution in [0.3, 0.4) is 0 Å².